The minimum Gasteiger partial charge on any atom is -0.370 e. The highest BCUT2D eigenvalue weighted by Crippen LogP contribution is 2.35. The van der Waals surface area contributed by atoms with Gasteiger partial charge in [-0.05, 0) is 0 Å². The van der Waals surface area contributed by atoms with Crippen molar-refractivity contribution < 1.29 is 23.7 Å². The zero-order chi connectivity index (χ0) is 7.49. The molecule has 0 fully saturated rings. The minimum atomic E-state index is -4.64. The van der Waals surface area contributed by atoms with Crippen LogP contribution in [0.25, 0.3) is 0 Å². The van der Waals surface area contributed by atoms with E-state index in [4.69, 9.17) is 9.79 Å². The molecule has 0 aliphatic heterocycles. The van der Waals surface area contributed by atoms with Crippen LogP contribution < -0.4 is 0 Å². The van der Waals surface area contributed by atoms with Gasteiger partial charge in [0.15, 0.2) is 0 Å². The highest BCUT2D eigenvalue weighted by molar-refractivity contribution is 7.81. The molecule has 0 atom stereocenters. The molecule has 0 aromatic carbocycles. The Labute approximate surface area is 56.7 Å². The fraction of sp³-hybridized carbons (Fsp3) is 0.500. The van der Waals surface area contributed by atoms with Gasteiger partial charge in [0.25, 0.3) is 0 Å². The van der Waals surface area contributed by atoms with E-state index in [1.54, 1.807) is 0 Å². The van der Waals surface area contributed by atoms with Crippen molar-refractivity contribution in [1.82, 2.24) is 0 Å². The van der Waals surface area contributed by atoms with E-state index in [-0.39, 0.29) is 5.75 Å². The molecule has 7 heteroatoms. The highest BCUT2D eigenvalue weighted by atomic mass is 32.1. The summed E-state index contributed by atoms with van der Waals surface area (Å²) in [7, 11) is -4.64. The van der Waals surface area contributed by atoms with E-state index in [0.717, 1.165) is 0 Å². The lowest BCUT2D eigenvalue weighted by Gasteiger charge is -2.00. The Morgan fingerprint density at radius 1 is 1.67 bits per heavy atom. The fourth-order valence-corrected chi connectivity index (χ4v) is 0.658. The van der Waals surface area contributed by atoms with Crippen molar-refractivity contribution in [3.05, 3.63) is 0 Å². The lowest BCUT2D eigenvalue weighted by Crippen LogP contribution is -2.02. The first-order chi connectivity index (χ1) is 3.95. The van der Waals surface area contributed by atoms with Crippen molar-refractivity contribution >= 4 is 26.4 Å². The Bertz CT molecular complexity index is 149. The Balaban J connectivity index is 3.75. The Kier molecular flexibility index (Phi) is 3.21. The maximum atomic E-state index is 10.0. The molecule has 0 rings (SSSR count). The molecule has 0 saturated heterocycles. The van der Waals surface area contributed by atoms with Crippen LogP contribution >= 0.6 is 20.5 Å². The van der Waals surface area contributed by atoms with Crippen LogP contribution in [0.3, 0.4) is 0 Å². The second-order valence-corrected chi connectivity index (χ2v) is 2.59. The predicted molar refractivity (Wildman–Crippen MR) is 32.0 cm³/mol. The molecule has 0 aliphatic rings. The van der Waals surface area contributed by atoms with Crippen LogP contribution in [0.1, 0.15) is 0 Å². The lowest BCUT2D eigenvalue weighted by atomic mass is 10.8. The Morgan fingerprint density at radius 3 is 2.22 bits per heavy atom. The number of rotatable bonds is 2. The van der Waals surface area contributed by atoms with Crippen molar-refractivity contribution in [2.75, 3.05) is 5.75 Å². The number of carbonyl (C=O) groups is 1. The van der Waals surface area contributed by atoms with Gasteiger partial charge < -0.3 is 4.52 Å². The summed E-state index contributed by atoms with van der Waals surface area (Å²) in [6, 6.07) is 0. The molecule has 0 spiro atoms. The number of hydrogen-bond acceptors (Lipinski definition) is 4. The fourth-order valence-electron chi connectivity index (χ4n) is 0.162. The minimum absolute atomic E-state index is 0.342. The van der Waals surface area contributed by atoms with Crippen molar-refractivity contribution in [1.29, 1.82) is 0 Å². The number of thiol groups is 1. The van der Waals surface area contributed by atoms with E-state index in [1.165, 1.54) is 0 Å². The van der Waals surface area contributed by atoms with Crippen LogP contribution in [0.4, 0.5) is 0 Å². The first-order valence-corrected chi connectivity index (χ1v) is 4.01. The molecule has 0 unspecified atom stereocenters. The summed E-state index contributed by atoms with van der Waals surface area (Å²) in [6.07, 6.45) is 0. The third-order valence-corrected chi connectivity index (χ3v) is 1.05. The zero-order valence-electron chi connectivity index (χ0n) is 4.22. The quantitative estimate of drug-likeness (QED) is 0.388. The monoisotopic (exact) mass is 172 g/mol. The average Bonchev–Trinajstić information content (AvgIpc) is 1.62. The number of phosphoric acid groups is 1. The van der Waals surface area contributed by atoms with Crippen LogP contribution in [0.2, 0.25) is 0 Å². The molecule has 9 heavy (non-hydrogen) atoms. The zero-order valence-corrected chi connectivity index (χ0v) is 6.01. The van der Waals surface area contributed by atoms with E-state index in [1.807, 2.05) is 0 Å². The summed E-state index contributed by atoms with van der Waals surface area (Å²) < 4.78 is 13.4. The number of carbonyl (C=O) groups excluding carboxylic acids is 1. The van der Waals surface area contributed by atoms with Gasteiger partial charge in [-0.2, -0.15) is 12.6 Å². The van der Waals surface area contributed by atoms with Gasteiger partial charge in [0, 0.05) is 0 Å². The predicted octanol–water partition coefficient (Wildman–Crippen LogP) is -0.448. The maximum absolute atomic E-state index is 10.0. The summed E-state index contributed by atoms with van der Waals surface area (Å²) in [6.45, 7) is 0. The van der Waals surface area contributed by atoms with Crippen molar-refractivity contribution in [2.45, 2.75) is 0 Å². The van der Waals surface area contributed by atoms with Gasteiger partial charge in [-0.1, -0.05) is 0 Å². The molecule has 54 valence electrons. The van der Waals surface area contributed by atoms with Gasteiger partial charge in [0.1, 0.15) is 0 Å². The summed E-state index contributed by atoms with van der Waals surface area (Å²) in [5, 5.41) is 0. The largest absolute Gasteiger partial charge is 0.527 e. The van der Waals surface area contributed by atoms with E-state index in [9.17, 15) is 9.36 Å². The van der Waals surface area contributed by atoms with Crippen molar-refractivity contribution in [3.63, 3.8) is 0 Å². The summed E-state index contributed by atoms with van der Waals surface area (Å²) in [5.74, 6) is -1.38. The first kappa shape index (κ1) is 8.97. The van der Waals surface area contributed by atoms with Gasteiger partial charge in [-0.3, -0.25) is 14.6 Å². The molecule has 0 aromatic heterocycles. The van der Waals surface area contributed by atoms with Gasteiger partial charge in [-0.25, -0.2) is 4.57 Å². The highest BCUT2D eigenvalue weighted by Gasteiger charge is 2.18. The van der Waals surface area contributed by atoms with Gasteiger partial charge in [-0.15, -0.1) is 0 Å². The van der Waals surface area contributed by atoms with E-state index >= 15 is 0 Å². The van der Waals surface area contributed by atoms with Crippen LogP contribution in [0.5, 0.6) is 0 Å². The SMILES string of the molecule is O=C(CS)OP(=O)(O)O. The third kappa shape index (κ3) is 5.85. The Morgan fingerprint density at radius 2 is 2.11 bits per heavy atom. The summed E-state index contributed by atoms with van der Waals surface area (Å²) in [5.41, 5.74) is 0. The van der Waals surface area contributed by atoms with E-state index in [0.29, 0.717) is 0 Å². The molecular weight excluding hydrogens is 167 g/mol. The van der Waals surface area contributed by atoms with E-state index in [2.05, 4.69) is 17.2 Å². The van der Waals surface area contributed by atoms with E-state index < -0.39 is 13.8 Å². The molecule has 0 aliphatic carbocycles. The molecule has 0 saturated carbocycles. The van der Waals surface area contributed by atoms with Crippen LogP contribution in [-0.4, -0.2) is 21.5 Å². The molecule has 0 bridgehead atoms. The Hall–Kier alpha value is -0.0300. The first-order valence-electron chi connectivity index (χ1n) is 1.84. The third-order valence-electron chi connectivity index (χ3n) is 0.350. The second kappa shape index (κ2) is 3.22. The van der Waals surface area contributed by atoms with Crippen LogP contribution in [-0.2, 0) is 13.9 Å². The van der Waals surface area contributed by atoms with Crippen molar-refractivity contribution in [3.8, 4) is 0 Å². The van der Waals surface area contributed by atoms with Gasteiger partial charge in [0.05, 0.1) is 5.75 Å². The molecule has 2 N–H and O–H groups in total. The molecular formula is C2H5O5PS. The maximum Gasteiger partial charge on any atom is 0.527 e. The topological polar surface area (TPSA) is 83.8 Å². The average molecular weight is 172 g/mol. The van der Waals surface area contributed by atoms with Crippen LogP contribution in [0, 0.1) is 0 Å². The van der Waals surface area contributed by atoms with Crippen molar-refractivity contribution in [2.24, 2.45) is 0 Å². The smallest absolute Gasteiger partial charge is 0.370 e. The lowest BCUT2D eigenvalue weighted by molar-refractivity contribution is -0.132. The number of phosphoric ester groups is 1. The van der Waals surface area contributed by atoms with Gasteiger partial charge in [0.2, 0.25) is 0 Å². The summed E-state index contributed by atoms with van der Waals surface area (Å²) in [4.78, 5) is 25.9. The molecule has 5 nitrogen and oxygen atoms in total. The molecule has 0 amide bonds. The summed E-state index contributed by atoms with van der Waals surface area (Å²) >= 11 is 3.41. The van der Waals surface area contributed by atoms with Crippen LogP contribution in [0.15, 0.2) is 0 Å². The molecule has 0 heterocycles. The second-order valence-electron chi connectivity index (χ2n) is 1.11. The molecule has 0 radical (unpaired) electrons. The standard InChI is InChI=1S/C2H5O5PS/c3-2(1-9)7-8(4,5)6/h9H,1H2,(H2,4,5,6). The number of hydrogen-bond donors (Lipinski definition) is 3. The normalized spacial score (nSPS) is 11.0. The molecule has 0 aromatic rings. The van der Waals surface area contributed by atoms with Gasteiger partial charge >= 0.3 is 13.8 Å².